The number of benzene rings is 2. The maximum Gasteiger partial charge on any atom is 0.241 e. The molecule has 38 heavy (non-hydrogen) atoms. The summed E-state index contributed by atoms with van der Waals surface area (Å²) < 4.78 is 5.24. The van der Waals surface area contributed by atoms with Gasteiger partial charge >= 0.3 is 0 Å². The molecule has 0 radical (unpaired) electrons. The van der Waals surface area contributed by atoms with Gasteiger partial charge < -0.3 is 9.84 Å². The van der Waals surface area contributed by atoms with Crippen molar-refractivity contribution in [3.8, 4) is 11.5 Å². The third kappa shape index (κ3) is 3.36. The number of fused-ring (bicyclic) bond motifs is 4. The Balaban J connectivity index is 1.47. The van der Waals surface area contributed by atoms with Crippen molar-refractivity contribution in [2.24, 2.45) is 35.0 Å². The lowest BCUT2D eigenvalue weighted by atomic mass is 9.52. The minimum atomic E-state index is -1.07. The van der Waals surface area contributed by atoms with E-state index in [4.69, 9.17) is 4.74 Å². The zero-order valence-corrected chi connectivity index (χ0v) is 21.1. The van der Waals surface area contributed by atoms with Gasteiger partial charge in [-0.25, -0.2) is 4.90 Å². The van der Waals surface area contributed by atoms with Crippen LogP contribution in [-0.4, -0.2) is 35.8 Å². The maximum absolute atomic E-state index is 14.1. The van der Waals surface area contributed by atoms with Crippen LogP contribution in [0, 0.1) is 35.0 Å². The Morgan fingerprint density at radius 1 is 1.05 bits per heavy atom. The molecule has 2 aliphatic heterocycles. The molecule has 4 aliphatic rings. The van der Waals surface area contributed by atoms with E-state index in [0.717, 1.165) is 11.1 Å². The van der Waals surface area contributed by atoms with Gasteiger partial charge in [0.25, 0.3) is 0 Å². The Labute approximate surface area is 220 Å². The number of phenols is 1. The third-order valence-electron chi connectivity index (χ3n) is 8.89. The van der Waals surface area contributed by atoms with Crippen molar-refractivity contribution in [3.05, 3.63) is 71.8 Å². The predicted molar refractivity (Wildman–Crippen MR) is 139 cm³/mol. The number of anilines is 1. The van der Waals surface area contributed by atoms with Gasteiger partial charge in [-0.05, 0) is 55.5 Å². The molecule has 6 atom stereocenters. The number of aromatic hydroxyl groups is 1. The summed E-state index contributed by atoms with van der Waals surface area (Å²) in [4.78, 5) is 54.6. The van der Waals surface area contributed by atoms with Crippen LogP contribution >= 0.6 is 0 Å². The highest BCUT2D eigenvalue weighted by molar-refractivity contribution is 6.24. The molecule has 2 N–H and O–H groups in total. The second-order valence-electron chi connectivity index (χ2n) is 10.7. The fraction of sp³-hybridized carbons (Fsp3) is 0.333. The summed E-state index contributed by atoms with van der Waals surface area (Å²) in [6.45, 7) is 1.84. The molecule has 0 aromatic heterocycles. The van der Waals surface area contributed by atoms with Crippen molar-refractivity contribution in [2.45, 2.75) is 19.8 Å². The van der Waals surface area contributed by atoms with Crippen LogP contribution in [0.3, 0.4) is 0 Å². The summed E-state index contributed by atoms with van der Waals surface area (Å²) in [5, 5.41) is 12.5. The van der Waals surface area contributed by atoms with Gasteiger partial charge in [0.05, 0.1) is 36.0 Å². The van der Waals surface area contributed by atoms with E-state index in [9.17, 15) is 24.3 Å². The number of rotatable bonds is 4. The van der Waals surface area contributed by atoms with E-state index in [1.807, 2.05) is 31.2 Å². The van der Waals surface area contributed by atoms with Crippen molar-refractivity contribution < 1.29 is 29.0 Å². The van der Waals surface area contributed by atoms with Crippen LogP contribution < -0.4 is 15.0 Å². The second-order valence-corrected chi connectivity index (χ2v) is 10.7. The number of nitrogens with one attached hydrogen (secondary N) is 1. The first-order valence-electron chi connectivity index (χ1n) is 12.8. The van der Waals surface area contributed by atoms with Gasteiger partial charge in [0, 0.05) is 5.92 Å². The number of hydrogen-bond donors (Lipinski definition) is 2. The molecule has 8 nitrogen and oxygen atoms in total. The van der Waals surface area contributed by atoms with Gasteiger partial charge in [0.1, 0.15) is 0 Å². The minimum Gasteiger partial charge on any atom is -0.504 e. The summed E-state index contributed by atoms with van der Waals surface area (Å²) in [5.41, 5.74) is 1.13. The molecule has 2 aromatic rings. The van der Waals surface area contributed by atoms with Crippen LogP contribution in [0.2, 0.25) is 0 Å². The molecule has 2 heterocycles. The first-order chi connectivity index (χ1) is 18.3. The van der Waals surface area contributed by atoms with E-state index in [0.29, 0.717) is 24.3 Å². The summed E-state index contributed by atoms with van der Waals surface area (Å²) in [6.07, 6.45) is 6.52. The second kappa shape index (κ2) is 8.68. The molecule has 2 aliphatic carbocycles. The number of carbonyl (C=O) groups is 4. The van der Waals surface area contributed by atoms with E-state index < -0.39 is 29.1 Å². The number of amides is 4. The van der Waals surface area contributed by atoms with Crippen LogP contribution in [0.25, 0.3) is 6.08 Å². The number of allylic oxidation sites excluding steroid dienone is 3. The number of carbonyl (C=O) groups excluding carboxylic acids is 4. The average molecular weight is 513 g/mol. The summed E-state index contributed by atoms with van der Waals surface area (Å²) >= 11 is 0. The number of hydrogen-bond acceptors (Lipinski definition) is 6. The zero-order valence-electron chi connectivity index (χ0n) is 21.1. The molecule has 3 fully saturated rings. The first kappa shape index (κ1) is 24.2. The zero-order chi connectivity index (χ0) is 26.8. The van der Waals surface area contributed by atoms with Crippen molar-refractivity contribution >= 4 is 35.4 Å². The number of phenolic OH excluding ortho intramolecular Hbond substituents is 1. The molecular weight excluding hydrogens is 484 g/mol. The van der Waals surface area contributed by atoms with E-state index in [1.54, 1.807) is 36.4 Å². The van der Waals surface area contributed by atoms with Gasteiger partial charge in [-0.1, -0.05) is 48.1 Å². The van der Waals surface area contributed by atoms with Gasteiger partial charge in [-0.3, -0.25) is 24.5 Å². The normalized spacial score (nSPS) is 32.1. The Morgan fingerprint density at radius 3 is 2.55 bits per heavy atom. The van der Waals surface area contributed by atoms with Crippen LogP contribution in [0.4, 0.5) is 5.69 Å². The summed E-state index contributed by atoms with van der Waals surface area (Å²) in [7, 11) is 1.47. The molecule has 194 valence electrons. The largest absolute Gasteiger partial charge is 0.504 e. The monoisotopic (exact) mass is 512 g/mol. The molecular formula is C30H28N2O6. The van der Waals surface area contributed by atoms with E-state index in [1.165, 1.54) is 18.1 Å². The lowest BCUT2D eigenvalue weighted by Gasteiger charge is -2.47. The van der Waals surface area contributed by atoms with Gasteiger partial charge in [0.2, 0.25) is 23.6 Å². The highest BCUT2D eigenvalue weighted by Crippen LogP contribution is 2.60. The number of imide groups is 2. The van der Waals surface area contributed by atoms with Crippen molar-refractivity contribution in [1.29, 1.82) is 0 Å². The van der Waals surface area contributed by atoms with Crippen LogP contribution in [0.1, 0.15) is 25.3 Å². The SMILES string of the molecule is COc1cc(C=CC2C3=CCC4C(=O)NC(=O)C4C3CC3C(=O)N(c4ccccc4)C(=O)C23C)ccc1O. The van der Waals surface area contributed by atoms with Crippen molar-refractivity contribution in [3.63, 3.8) is 0 Å². The van der Waals surface area contributed by atoms with Gasteiger partial charge in [-0.15, -0.1) is 0 Å². The van der Waals surface area contributed by atoms with E-state index in [2.05, 4.69) is 5.32 Å². The molecule has 4 amide bonds. The lowest BCUT2D eigenvalue weighted by molar-refractivity contribution is -0.132. The molecule has 1 saturated carbocycles. The van der Waals surface area contributed by atoms with E-state index >= 15 is 0 Å². The number of ether oxygens (including phenoxy) is 1. The van der Waals surface area contributed by atoms with Crippen molar-refractivity contribution in [1.82, 2.24) is 5.32 Å². The Bertz CT molecular complexity index is 1430. The number of methoxy groups -OCH3 is 1. The quantitative estimate of drug-likeness (QED) is 0.479. The lowest BCUT2D eigenvalue weighted by Crippen LogP contribution is -2.49. The fourth-order valence-electron chi connectivity index (χ4n) is 6.96. The standard InChI is InChI=1S/C30H28N2O6/c1-30-21(12-8-16-9-13-23(33)24(14-16)38-2)18-10-11-19-25(27(35)31-26(19)34)20(18)15-22(30)28(36)32(29(30)37)17-6-4-3-5-7-17/h3-10,12-14,19-22,25,33H,11,15H2,1-2H3,(H,31,34,35). The molecule has 0 bridgehead atoms. The minimum absolute atomic E-state index is 0.0161. The van der Waals surface area contributed by atoms with Crippen LogP contribution in [0.5, 0.6) is 11.5 Å². The molecule has 6 unspecified atom stereocenters. The Hall–Kier alpha value is -4.20. The topological polar surface area (TPSA) is 113 Å². The third-order valence-corrected chi connectivity index (χ3v) is 8.89. The van der Waals surface area contributed by atoms with Crippen LogP contribution in [-0.2, 0) is 19.2 Å². The molecule has 2 aromatic carbocycles. The summed E-state index contributed by atoms with van der Waals surface area (Å²) in [5.74, 6) is -3.24. The highest BCUT2D eigenvalue weighted by atomic mass is 16.5. The van der Waals surface area contributed by atoms with Crippen LogP contribution in [0.15, 0.2) is 66.3 Å². The Morgan fingerprint density at radius 2 is 1.82 bits per heavy atom. The van der Waals surface area contributed by atoms with E-state index in [-0.39, 0.29) is 35.3 Å². The average Bonchev–Trinajstić information content (AvgIpc) is 3.31. The number of para-hydroxylation sites is 1. The summed E-state index contributed by atoms with van der Waals surface area (Å²) in [6, 6.07) is 13.9. The molecule has 0 spiro atoms. The maximum atomic E-state index is 14.1. The molecule has 6 rings (SSSR count). The van der Waals surface area contributed by atoms with Gasteiger partial charge in [0.15, 0.2) is 11.5 Å². The Kier molecular flexibility index (Phi) is 5.52. The van der Waals surface area contributed by atoms with Crippen molar-refractivity contribution in [2.75, 3.05) is 12.0 Å². The molecule has 8 heteroatoms. The fourth-order valence-corrected chi connectivity index (χ4v) is 6.96. The smallest absolute Gasteiger partial charge is 0.241 e. The van der Waals surface area contributed by atoms with Gasteiger partial charge in [-0.2, -0.15) is 0 Å². The number of nitrogens with zero attached hydrogens (tertiary/aromatic N) is 1. The first-order valence-corrected chi connectivity index (χ1v) is 12.8. The highest BCUT2D eigenvalue weighted by Gasteiger charge is 2.66. The predicted octanol–water partition coefficient (Wildman–Crippen LogP) is 3.46. The molecule has 2 saturated heterocycles.